The molecule has 0 radical (unpaired) electrons. The zero-order chi connectivity index (χ0) is 12.5. The molecular formula is C13H18N4O. The fourth-order valence-corrected chi connectivity index (χ4v) is 2.49. The van der Waals surface area contributed by atoms with Gasteiger partial charge in [-0.25, -0.2) is 4.98 Å². The summed E-state index contributed by atoms with van der Waals surface area (Å²) in [5.74, 6) is 0. The number of nitrogens with two attached hydrogens (primary N) is 1. The Hall–Kier alpha value is -1.43. The monoisotopic (exact) mass is 246 g/mol. The first-order valence-corrected chi connectivity index (χ1v) is 6.28. The molecule has 3 rings (SSSR count). The van der Waals surface area contributed by atoms with Gasteiger partial charge in [0, 0.05) is 13.1 Å². The normalized spacial score (nSPS) is 23.3. The Kier molecular flexibility index (Phi) is 3.03. The minimum Gasteiger partial charge on any atom is -0.361 e. The molecule has 0 amide bonds. The summed E-state index contributed by atoms with van der Waals surface area (Å²) in [6, 6.07) is 8.18. The summed E-state index contributed by atoms with van der Waals surface area (Å²) < 4.78 is 7.56. The topological polar surface area (TPSA) is 56.3 Å². The first-order chi connectivity index (χ1) is 8.75. The van der Waals surface area contributed by atoms with E-state index in [1.165, 1.54) is 0 Å². The summed E-state index contributed by atoms with van der Waals surface area (Å²) in [7, 11) is 0. The van der Waals surface area contributed by atoms with Crippen LogP contribution in [0.3, 0.4) is 0 Å². The van der Waals surface area contributed by atoms with Crippen LogP contribution in [0.1, 0.15) is 13.1 Å². The van der Waals surface area contributed by atoms with Crippen molar-refractivity contribution in [2.75, 3.05) is 19.7 Å². The van der Waals surface area contributed by atoms with Crippen LogP contribution in [0.15, 0.2) is 30.6 Å². The van der Waals surface area contributed by atoms with Crippen LogP contribution in [0.5, 0.6) is 0 Å². The predicted octanol–water partition coefficient (Wildman–Crippen LogP) is 1.17. The van der Waals surface area contributed by atoms with Crippen molar-refractivity contribution in [3.63, 3.8) is 0 Å². The van der Waals surface area contributed by atoms with E-state index < -0.39 is 0 Å². The van der Waals surface area contributed by atoms with Gasteiger partial charge in [0.15, 0.2) is 0 Å². The Morgan fingerprint density at radius 2 is 2.28 bits per heavy atom. The lowest BCUT2D eigenvalue weighted by molar-refractivity contribution is -0.0485. The van der Waals surface area contributed by atoms with Gasteiger partial charge in [-0.1, -0.05) is 12.1 Å². The third-order valence-electron chi connectivity index (χ3n) is 3.54. The first kappa shape index (κ1) is 11.6. The SMILES string of the molecule is CC(N1CCOC(N)C1)n1cnc2ccccc21. The second kappa shape index (κ2) is 4.68. The number of para-hydroxylation sites is 2. The van der Waals surface area contributed by atoms with Crippen LogP contribution in [0, 0.1) is 0 Å². The Morgan fingerprint density at radius 3 is 3.11 bits per heavy atom. The van der Waals surface area contributed by atoms with Gasteiger partial charge in [0.1, 0.15) is 6.23 Å². The molecule has 5 nitrogen and oxygen atoms in total. The number of aromatic nitrogens is 2. The second-order valence-electron chi connectivity index (χ2n) is 4.68. The molecule has 2 aromatic rings. The minimum absolute atomic E-state index is 0.184. The number of rotatable bonds is 2. The molecule has 2 N–H and O–H groups in total. The Morgan fingerprint density at radius 1 is 1.44 bits per heavy atom. The van der Waals surface area contributed by atoms with Gasteiger partial charge in [0.25, 0.3) is 0 Å². The number of nitrogens with zero attached hydrogens (tertiary/aromatic N) is 3. The molecule has 2 heterocycles. The van der Waals surface area contributed by atoms with Crippen molar-refractivity contribution in [1.29, 1.82) is 0 Å². The fraction of sp³-hybridized carbons (Fsp3) is 0.462. The Balaban J connectivity index is 1.89. The number of morpholine rings is 1. The lowest BCUT2D eigenvalue weighted by Crippen LogP contribution is -2.48. The minimum atomic E-state index is -0.184. The molecule has 1 saturated heterocycles. The summed E-state index contributed by atoms with van der Waals surface area (Å²) in [4.78, 5) is 6.75. The average Bonchev–Trinajstić information content (AvgIpc) is 2.82. The molecule has 1 fully saturated rings. The standard InChI is InChI=1S/C13H18N4O/c1-10(16-6-7-18-13(14)8-16)17-9-15-11-4-2-3-5-12(11)17/h2-5,9-10,13H,6-8,14H2,1H3. The van der Waals surface area contributed by atoms with Gasteiger partial charge in [0.2, 0.25) is 0 Å². The maximum atomic E-state index is 5.84. The van der Waals surface area contributed by atoms with Crippen molar-refractivity contribution in [2.24, 2.45) is 5.73 Å². The predicted molar refractivity (Wildman–Crippen MR) is 69.9 cm³/mol. The molecule has 5 heteroatoms. The lowest BCUT2D eigenvalue weighted by atomic mass is 10.3. The zero-order valence-electron chi connectivity index (χ0n) is 10.5. The van der Waals surface area contributed by atoms with E-state index in [1.807, 2.05) is 24.5 Å². The van der Waals surface area contributed by atoms with Crippen LogP contribution in [-0.4, -0.2) is 40.4 Å². The highest BCUT2D eigenvalue weighted by atomic mass is 16.5. The maximum Gasteiger partial charge on any atom is 0.118 e. The highest BCUT2D eigenvalue weighted by molar-refractivity contribution is 5.75. The van der Waals surface area contributed by atoms with Crippen molar-refractivity contribution < 1.29 is 4.74 Å². The largest absolute Gasteiger partial charge is 0.361 e. The van der Waals surface area contributed by atoms with Crippen molar-refractivity contribution in [2.45, 2.75) is 19.3 Å². The summed E-state index contributed by atoms with van der Waals surface area (Å²) in [6.45, 7) is 4.53. The van der Waals surface area contributed by atoms with Crippen LogP contribution in [-0.2, 0) is 4.74 Å². The van der Waals surface area contributed by atoms with E-state index in [0.29, 0.717) is 6.61 Å². The van der Waals surface area contributed by atoms with Crippen LogP contribution < -0.4 is 5.73 Å². The smallest absolute Gasteiger partial charge is 0.118 e. The van der Waals surface area contributed by atoms with Crippen LogP contribution >= 0.6 is 0 Å². The summed E-state index contributed by atoms with van der Waals surface area (Å²) in [5.41, 5.74) is 8.03. The van der Waals surface area contributed by atoms with E-state index in [0.717, 1.165) is 24.1 Å². The third kappa shape index (κ3) is 2.01. The average molecular weight is 246 g/mol. The summed E-state index contributed by atoms with van der Waals surface area (Å²) in [6.07, 6.45) is 1.96. The molecule has 1 aromatic carbocycles. The number of hydrogen-bond acceptors (Lipinski definition) is 4. The maximum absolute atomic E-state index is 5.84. The number of fused-ring (bicyclic) bond motifs is 1. The van der Waals surface area contributed by atoms with E-state index in [4.69, 9.17) is 10.5 Å². The van der Waals surface area contributed by atoms with Crippen molar-refractivity contribution >= 4 is 11.0 Å². The van der Waals surface area contributed by atoms with Gasteiger partial charge in [-0.3, -0.25) is 4.90 Å². The highest BCUT2D eigenvalue weighted by Gasteiger charge is 2.23. The molecule has 1 aliphatic rings. The van der Waals surface area contributed by atoms with Crippen LogP contribution in [0.2, 0.25) is 0 Å². The molecule has 1 aliphatic heterocycles. The Bertz CT molecular complexity index is 539. The molecule has 18 heavy (non-hydrogen) atoms. The number of ether oxygens (including phenoxy) is 1. The van der Waals surface area contributed by atoms with Crippen molar-refractivity contribution in [3.05, 3.63) is 30.6 Å². The first-order valence-electron chi connectivity index (χ1n) is 6.28. The number of benzene rings is 1. The quantitative estimate of drug-likeness (QED) is 0.864. The van der Waals surface area contributed by atoms with Gasteiger partial charge < -0.3 is 15.0 Å². The van der Waals surface area contributed by atoms with E-state index in [-0.39, 0.29) is 12.4 Å². The van der Waals surface area contributed by atoms with Crippen molar-refractivity contribution in [3.8, 4) is 0 Å². The molecule has 1 aromatic heterocycles. The molecule has 0 spiro atoms. The molecule has 0 aliphatic carbocycles. The molecule has 2 atom stereocenters. The van der Waals surface area contributed by atoms with Gasteiger partial charge in [-0.2, -0.15) is 0 Å². The zero-order valence-corrected chi connectivity index (χ0v) is 10.5. The highest BCUT2D eigenvalue weighted by Crippen LogP contribution is 2.21. The summed E-state index contributed by atoms with van der Waals surface area (Å²) >= 11 is 0. The van der Waals surface area contributed by atoms with Crippen LogP contribution in [0.4, 0.5) is 0 Å². The molecule has 96 valence electrons. The van der Waals surface area contributed by atoms with E-state index in [2.05, 4.69) is 27.4 Å². The number of hydrogen-bond donors (Lipinski definition) is 1. The van der Waals surface area contributed by atoms with E-state index in [1.54, 1.807) is 0 Å². The third-order valence-corrected chi connectivity index (χ3v) is 3.54. The van der Waals surface area contributed by atoms with Gasteiger partial charge in [-0.15, -0.1) is 0 Å². The second-order valence-corrected chi connectivity index (χ2v) is 4.68. The molecule has 2 unspecified atom stereocenters. The summed E-state index contributed by atoms with van der Waals surface area (Å²) in [5, 5.41) is 0. The van der Waals surface area contributed by atoms with Gasteiger partial charge in [-0.05, 0) is 19.1 Å². The van der Waals surface area contributed by atoms with Gasteiger partial charge in [0.05, 0.1) is 30.1 Å². The fourth-order valence-electron chi connectivity index (χ4n) is 2.49. The van der Waals surface area contributed by atoms with E-state index in [9.17, 15) is 0 Å². The number of imidazole rings is 1. The van der Waals surface area contributed by atoms with Crippen LogP contribution in [0.25, 0.3) is 11.0 Å². The lowest BCUT2D eigenvalue weighted by Gasteiger charge is -2.35. The van der Waals surface area contributed by atoms with Crippen molar-refractivity contribution in [1.82, 2.24) is 14.5 Å². The molecular weight excluding hydrogens is 228 g/mol. The molecule has 0 bridgehead atoms. The Labute approximate surface area is 106 Å². The van der Waals surface area contributed by atoms with Gasteiger partial charge >= 0.3 is 0 Å². The van der Waals surface area contributed by atoms with E-state index >= 15 is 0 Å². The molecule has 0 saturated carbocycles.